The van der Waals surface area contributed by atoms with E-state index in [-0.39, 0.29) is 6.10 Å². The normalized spacial score (nSPS) is 13.3. The minimum absolute atomic E-state index is 0.380. The van der Waals surface area contributed by atoms with Crippen molar-refractivity contribution in [1.29, 1.82) is 0 Å². The monoisotopic (exact) mass is 320 g/mol. The van der Waals surface area contributed by atoms with Crippen molar-refractivity contribution >= 4 is 0 Å². The molecule has 1 atom stereocenters. The van der Waals surface area contributed by atoms with Gasteiger partial charge in [-0.05, 0) is 25.3 Å². The third-order valence-electron chi connectivity index (χ3n) is 4.72. The van der Waals surface area contributed by atoms with Crippen molar-refractivity contribution in [3.63, 3.8) is 0 Å². The Morgan fingerprint density at radius 1 is 0.913 bits per heavy atom. The standard InChI is InChI=1S/C21H38NO/c1-5-6-7-8-9-10-11-14-17-22(3,4)18-20-15-12-13-16-21(20)19(2)23/h12-13,15-16,19,23H,5-11,14,17-18H2,1-4H3/q+1. The van der Waals surface area contributed by atoms with E-state index in [0.29, 0.717) is 0 Å². The second-order valence-electron chi connectivity index (χ2n) is 7.67. The molecule has 1 rings (SSSR count). The van der Waals surface area contributed by atoms with E-state index < -0.39 is 0 Å². The van der Waals surface area contributed by atoms with E-state index >= 15 is 0 Å². The van der Waals surface area contributed by atoms with Crippen LogP contribution in [-0.4, -0.2) is 30.2 Å². The smallest absolute Gasteiger partial charge is 0.104 e. The Balaban J connectivity index is 2.31. The molecule has 1 aromatic carbocycles. The Labute approximate surface area is 144 Å². The first kappa shape index (κ1) is 20.2. The molecule has 2 nitrogen and oxygen atoms in total. The van der Waals surface area contributed by atoms with Crippen molar-refractivity contribution < 1.29 is 9.59 Å². The van der Waals surface area contributed by atoms with Crippen LogP contribution in [0.15, 0.2) is 24.3 Å². The fraction of sp³-hybridized carbons (Fsp3) is 0.714. The van der Waals surface area contributed by atoms with E-state index in [1.165, 1.54) is 63.5 Å². The molecule has 0 aromatic heterocycles. The molecular weight excluding hydrogens is 282 g/mol. The average Bonchev–Trinajstić information content (AvgIpc) is 2.50. The number of unbranched alkanes of at least 4 members (excludes halogenated alkanes) is 7. The number of hydrogen-bond acceptors (Lipinski definition) is 1. The highest BCUT2D eigenvalue weighted by molar-refractivity contribution is 5.28. The Hall–Kier alpha value is -0.860. The van der Waals surface area contributed by atoms with Gasteiger partial charge in [0.05, 0.1) is 26.7 Å². The van der Waals surface area contributed by atoms with Crippen LogP contribution in [0.5, 0.6) is 0 Å². The molecule has 0 aliphatic heterocycles. The predicted molar refractivity (Wildman–Crippen MR) is 100 cm³/mol. The Morgan fingerprint density at radius 2 is 1.48 bits per heavy atom. The molecule has 1 unspecified atom stereocenters. The van der Waals surface area contributed by atoms with Crippen molar-refractivity contribution in [2.75, 3.05) is 20.6 Å². The zero-order chi connectivity index (χ0) is 17.1. The Bertz CT molecular complexity index is 426. The van der Waals surface area contributed by atoms with Crippen LogP contribution in [0.4, 0.5) is 0 Å². The van der Waals surface area contributed by atoms with Gasteiger partial charge in [0.25, 0.3) is 0 Å². The molecule has 2 heteroatoms. The van der Waals surface area contributed by atoms with Gasteiger partial charge in [0.2, 0.25) is 0 Å². The molecule has 0 aliphatic carbocycles. The third-order valence-corrected chi connectivity index (χ3v) is 4.72. The van der Waals surface area contributed by atoms with Crippen molar-refractivity contribution in [2.24, 2.45) is 0 Å². The lowest BCUT2D eigenvalue weighted by Gasteiger charge is -2.31. The minimum atomic E-state index is -0.380. The number of rotatable bonds is 12. The van der Waals surface area contributed by atoms with E-state index in [2.05, 4.69) is 39.2 Å². The molecular formula is C21H38NO+. The van der Waals surface area contributed by atoms with Crippen LogP contribution in [0, 0.1) is 0 Å². The number of benzene rings is 1. The van der Waals surface area contributed by atoms with Crippen LogP contribution in [0.1, 0.15) is 82.4 Å². The lowest BCUT2D eigenvalue weighted by Crippen LogP contribution is -2.39. The molecule has 132 valence electrons. The van der Waals surface area contributed by atoms with Gasteiger partial charge in [-0.25, -0.2) is 0 Å². The second kappa shape index (κ2) is 10.8. The lowest BCUT2D eigenvalue weighted by molar-refractivity contribution is -0.903. The van der Waals surface area contributed by atoms with Crippen molar-refractivity contribution in [1.82, 2.24) is 0 Å². The van der Waals surface area contributed by atoms with Crippen molar-refractivity contribution in [3.8, 4) is 0 Å². The van der Waals surface area contributed by atoms with Gasteiger partial charge in [-0.15, -0.1) is 0 Å². The molecule has 0 amide bonds. The molecule has 23 heavy (non-hydrogen) atoms. The number of nitrogens with zero attached hydrogens (tertiary/aromatic N) is 1. The third kappa shape index (κ3) is 8.53. The second-order valence-corrected chi connectivity index (χ2v) is 7.67. The summed E-state index contributed by atoms with van der Waals surface area (Å²) in [5, 5.41) is 9.93. The van der Waals surface area contributed by atoms with Gasteiger partial charge in [-0.3, -0.25) is 0 Å². The topological polar surface area (TPSA) is 20.2 Å². The van der Waals surface area contributed by atoms with E-state index in [1.54, 1.807) is 0 Å². The van der Waals surface area contributed by atoms with Crippen LogP contribution in [0.25, 0.3) is 0 Å². The molecule has 0 saturated heterocycles. The first-order valence-electron chi connectivity index (χ1n) is 9.54. The maximum absolute atomic E-state index is 9.93. The van der Waals surface area contributed by atoms with Gasteiger partial charge in [0, 0.05) is 5.56 Å². The highest BCUT2D eigenvalue weighted by atomic mass is 16.3. The maximum atomic E-state index is 9.93. The molecule has 0 bridgehead atoms. The summed E-state index contributed by atoms with van der Waals surface area (Å²) in [5.74, 6) is 0. The van der Waals surface area contributed by atoms with Gasteiger partial charge in [-0.1, -0.05) is 69.7 Å². The van der Waals surface area contributed by atoms with Crippen molar-refractivity contribution in [2.45, 2.75) is 77.9 Å². The van der Waals surface area contributed by atoms with E-state index in [0.717, 1.165) is 16.6 Å². The highest BCUT2D eigenvalue weighted by Gasteiger charge is 2.18. The van der Waals surface area contributed by atoms with Gasteiger partial charge in [-0.2, -0.15) is 0 Å². The first-order valence-corrected chi connectivity index (χ1v) is 9.54. The zero-order valence-corrected chi connectivity index (χ0v) is 15.9. The maximum Gasteiger partial charge on any atom is 0.104 e. The molecule has 0 radical (unpaired) electrons. The largest absolute Gasteiger partial charge is 0.389 e. The number of hydrogen-bond donors (Lipinski definition) is 1. The summed E-state index contributed by atoms with van der Waals surface area (Å²) in [5.41, 5.74) is 2.36. The number of quaternary nitrogens is 1. The lowest BCUT2D eigenvalue weighted by atomic mass is 10.0. The van der Waals surface area contributed by atoms with Crippen LogP contribution in [-0.2, 0) is 6.54 Å². The summed E-state index contributed by atoms with van der Waals surface area (Å²) >= 11 is 0. The van der Waals surface area contributed by atoms with Gasteiger partial charge >= 0.3 is 0 Å². The van der Waals surface area contributed by atoms with E-state index in [4.69, 9.17) is 0 Å². The summed E-state index contributed by atoms with van der Waals surface area (Å²) in [7, 11) is 4.61. The summed E-state index contributed by atoms with van der Waals surface area (Å²) in [6.07, 6.45) is 10.6. The van der Waals surface area contributed by atoms with Gasteiger partial charge in [0.1, 0.15) is 6.54 Å². The van der Waals surface area contributed by atoms with Gasteiger partial charge < -0.3 is 9.59 Å². The molecule has 0 aliphatic rings. The molecule has 0 saturated carbocycles. The molecule has 0 spiro atoms. The Kier molecular flexibility index (Phi) is 9.50. The fourth-order valence-electron chi connectivity index (χ4n) is 3.30. The van der Waals surface area contributed by atoms with Crippen LogP contribution in [0.3, 0.4) is 0 Å². The van der Waals surface area contributed by atoms with Crippen LogP contribution in [0.2, 0.25) is 0 Å². The van der Waals surface area contributed by atoms with E-state index in [9.17, 15) is 5.11 Å². The quantitative estimate of drug-likeness (QED) is 0.400. The summed E-state index contributed by atoms with van der Waals surface area (Å²) in [6, 6.07) is 8.31. The summed E-state index contributed by atoms with van der Waals surface area (Å²) in [6.45, 7) is 6.34. The SMILES string of the molecule is CCCCCCCCCC[N+](C)(C)Cc1ccccc1C(C)O. The van der Waals surface area contributed by atoms with Crippen LogP contribution < -0.4 is 0 Å². The molecule has 0 fully saturated rings. The number of aliphatic hydroxyl groups is 1. The summed E-state index contributed by atoms with van der Waals surface area (Å²) in [4.78, 5) is 0. The zero-order valence-electron chi connectivity index (χ0n) is 15.9. The Morgan fingerprint density at radius 3 is 2.09 bits per heavy atom. The van der Waals surface area contributed by atoms with E-state index in [1.807, 2.05) is 13.0 Å². The molecule has 1 aromatic rings. The summed E-state index contributed by atoms with van der Waals surface area (Å²) < 4.78 is 1.000. The highest BCUT2D eigenvalue weighted by Crippen LogP contribution is 2.21. The fourth-order valence-corrected chi connectivity index (χ4v) is 3.30. The molecule has 0 heterocycles. The van der Waals surface area contributed by atoms with Gasteiger partial charge in [0.15, 0.2) is 0 Å². The number of aliphatic hydroxyl groups excluding tert-OH is 1. The molecule has 1 N–H and O–H groups in total. The van der Waals surface area contributed by atoms with Crippen molar-refractivity contribution in [3.05, 3.63) is 35.4 Å². The predicted octanol–water partition coefficient (Wildman–Crippen LogP) is 5.46. The average molecular weight is 321 g/mol. The minimum Gasteiger partial charge on any atom is -0.389 e. The van der Waals surface area contributed by atoms with Crippen LogP contribution >= 0.6 is 0 Å². The first-order chi connectivity index (χ1) is 11.0.